The lowest BCUT2D eigenvalue weighted by Gasteiger charge is -2.12. The average Bonchev–Trinajstić information content (AvgIpc) is 1.03. The van der Waals surface area contributed by atoms with Crippen molar-refractivity contribution in [3.8, 4) is 34.0 Å². The zero-order chi connectivity index (χ0) is 72.4. The molecule has 6 N–H and O–H groups in total. The van der Waals surface area contributed by atoms with Gasteiger partial charge in [-0.1, -0.05) is 121 Å². The highest BCUT2D eigenvalue weighted by atomic mass is 32.2. The molecule has 21 nitrogen and oxygen atoms in total. The Hall–Kier alpha value is -12.6. The van der Waals surface area contributed by atoms with E-state index < -0.39 is 36.0 Å². The van der Waals surface area contributed by atoms with Crippen LogP contribution in [0.25, 0.3) is 66.7 Å². The number of carbonyl (C=O) groups excluding carboxylic acids is 4. The molecular formula is C78H62N10O11S4. The predicted molar refractivity (Wildman–Crippen MR) is 402 cm³/mol. The van der Waals surface area contributed by atoms with Crippen LogP contribution in [0, 0.1) is 20.8 Å². The van der Waals surface area contributed by atoms with Gasteiger partial charge in [-0.05, 0) is 166 Å². The van der Waals surface area contributed by atoms with E-state index in [1.165, 1.54) is 78.2 Å². The van der Waals surface area contributed by atoms with E-state index in [-0.39, 0.29) is 37.5 Å². The SMILES string of the molecule is CC(=O)NS(=O)(=O)c1ccc(NC(=O)c2cc(-c3ccccc3)nc3ccc(C)cc23)cc1.Cc1ccc(-c2cc(C(=O)Nc3ccc(S(=O)(=O)Nc4nccs4)cc3)c3ccccc3n2)o1.Cc1cccc(NS(=O)(=O)c2ccc(NC(=O)c3cc(-c4ccccc4)nc4ccccc34)cc2)c1. The molecule has 0 unspecified atom stereocenters. The number of nitrogens with zero attached hydrogens (tertiary/aromatic N) is 4. The molecule has 0 fully saturated rings. The molecule has 0 saturated heterocycles. The van der Waals surface area contributed by atoms with Crippen LogP contribution in [0.4, 0.5) is 27.9 Å². The molecule has 0 radical (unpaired) electrons. The number of benzene rings is 9. The van der Waals surface area contributed by atoms with E-state index in [4.69, 9.17) is 14.4 Å². The molecule has 9 aromatic carbocycles. The van der Waals surface area contributed by atoms with E-state index in [1.807, 2.05) is 171 Å². The monoisotopic (exact) mass is 1440 g/mol. The lowest BCUT2D eigenvalue weighted by Crippen LogP contribution is -2.28. The van der Waals surface area contributed by atoms with Crippen molar-refractivity contribution in [3.63, 3.8) is 0 Å². The maximum Gasteiger partial charge on any atom is 0.264 e. The van der Waals surface area contributed by atoms with Crippen LogP contribution in [0.1, 0.15) is 54.9 Å². The first-order chi connectivity index (χ1) is 49.5. The van der Waals surface area contributed by atoms with Gasteiger partial charge in [0.1, 0.15) is 11.5 Å². The number of aromatic nitrogens is 4. The number of pyridine rings is 3. The smallest absolute Gasteiger partial charge is 0.264 e. The number of hydrogen-bond donors (Lipinski definition) is 6. The van der Waals surface area contributed by atoms with E-state index >= 15 is 0 Å². The fourth-order valence-corrected chi connectivity index (χ4v) is 14.7. The third-order valence-electron chi connectivity index (χ3n) is 15.7. The van der Waals surface area contributed by atoms with Gasteiger partial charge in [0, 0.05) is 68.5 Å². The largest absolute Gasteiger partial charge is 0.460 e. The first kappa shape index (κ1) is 70.3. The van der Waals surface area contributed by atoms with E-state index in [0.717, 1.165) is 45.7 Å². The number of para-hydroxylation sites is 2. The Morgan fingerprint density at radius 2 is 0.825 bits per heavy atom. The third-order valence-corrected chi connectivity index (χ3v) is 20.8. The van der Waals surface area contributed by atoms with Gasteiger partial charge in [0.2, 0.25) is 5.91 Å². The molecule has 0 atom stereocenters. The summed E-state index contributed by atoms with van der Waals surface area (Å²) in [5, 5.41) is 12.6. The molecule has 0 aliphatic carbocycles. The molecule has 5 aromatic heterocycles. The molecule has 14 rings (SSSR count). The minimum Gasteiger partial charge on any atom is -0.460 e. The van der Waals surface area contributed by atoms with Crippen molar-refractivity contribution in [2.45, 2.75) is 42.4 Å². The van der Waals surface area contributed by atoms with Crippen molar-refractivity contribution < 1.29 is 48.8 Å². The number of thiazole rings is 1. The number of furan rings is 1. The molecule has 4 amide bonds. The van der Waals surface area contributed by atoms with E-state index in [2.05, 4.69) is 35.4 Å². The first-order valence-electron chi connectivity index (χ1n) is 31.7. The van der Waals surface area contributed by atoms with Gasteiger partial charge in [0.15, 0.2) is 10.9 Å². The topological polar surface area (TPSA) is 308 Å². The lowest BCUT2D eigenvalue weighted by atomic mass is 10.0. The fourth-order valence-electron chi connectivity index (χ4n) is 10.8. The summed E-state index contributed by atoms with van der Waals surface area (Å²) in [6.45, 7) is 6.80. The molecule has 14 aromatic rings. The molecule has 25 heteroatoms. The average molecular weight is 1440 g/mol. The summed E-state index contributed by atoms with van der Waals surface area (Å²) in [7, 11) is -11.5. The van der Waals surface area contributed by atoms with Gasteiger partial charge in [-0.25, -0.2) is 49.9 Å². The van der Waals surface area contributed by atoms with Gasteiger partial charge < -0.3 is 20.4 Å². The van der Waals surface area contributed by atoms with Gasteiger partial charge in [-0.3, -0.25) is 28.6 Å². The quantitative estimate of drug-likeness (QED) is 0.0494. The van der Waals surface area contributed by atoms with Crippen LogP contribution in [0.3, 0.4) is 0 Å². The van der Waals surface area contributed by atoms with Crippen LogP contribution in [0.5, 0.6) is 0 Å². The van der Waals surface area contributed by atoms with Gasteiger partial charge in [0.25, 0.3) is 47.8 Å². The summed E-state index contributed by atoms with van der Waals surface area (Å²) in [5.41, 5.74) is 11.0. The number of fused-ring (bicyclic) bond motifs is 3. The van der Waals surface area contributed by atoms with Gasteiger partial charge in [0.05, 0.1) is 59.3 Å². The first-order valence-corrected chi connectivity index (χ1v) is 37.0. The zero-order valence-corrected chi connectivity index (χ0v) is 58.6. The summed E-state index contributed by atoms with van der Waals surface area (Å²) in [6, 6.07) is 73.4. The number of carbonyl (C=O) groups is 4. The maximum absolute atomic E-state index is 13.3. The minimum atomic E-state index is -3.95. The highest BCUT2D eigenvalue weighted by Crippen LogP contribution is 2.32. The molecule has 0 aliphatic rings. The molecular weight excluding hydrogens is 1380 g/mol. The fraction of sp³-hybridized carbons (Fsp3) is 0.0513. The summed E-state index contributed by atoms with van der Waals surface area (Å²) in [6.07, 6.45) is 1.52. The molecule has 5 heterocycles. The normalized spacial score (nSPS) is 11.3. The van der Waals surface area contributed by atoms with Crippen LogP contribution in [-0.2, 0) is 34.9 Å². The number of anilines is 5. The Kier molecular flexibility index (Phi) is 20.8. The highest BCUT2D eigenvalue weighted by molar-refractivity contribution is 7.93. The van der Waals surface area contributed by atoms with E-state index in [1.54, 1.807) is 53.9 Å². The zero-order valence-electron chi connectivity index (χ0n) is 55.3. The number of aryl methyl sites for hydroxylation is 3. The van der Waals surface area contributed by atoms with Crippen molar-refractivity contribution in [2.24, 2.45) is 0 Å². The molecule has 514 valence electrons. The van der Waals surface area contributed by atoms with Gasteiger partial charge in [-0.15, -0.1) is 11.3 Å². The second kappa shape index (κ2) is 30.5. The van der Waals surface area contributed by atoms with E-state index in [9.17, 15) is 44.4 Å². The number of hydrogen-bond acceptors (Lipinski definition) is 16. The van der Waals surface area contributed by atoms with Crippen molar-refractivity contribution in [1.29, 1.82) is 0 Å². The molecule has 0 spiro atoms. The van der Waals surface area contributed by atoms with Crippen LogP contribution in [0.15, 0.2) is 285 Å². The summed E-state index contributed by atoms with van der Waals surface area (Å²) < 4.78 is 87.5. The van der Waals surface area contributed by atoms with Crippen molar-refractivity contribution in [2.75, 3.05) is 25.4 Å². The Morgan fingerprint density at radius 3 is 1.29 bits per heavy atom. The van der Waals surface area contributed by atoms with Crippen LogP contribution in [0.2, 0.25) is 0 Å². The second-order valence-electron chi connectivity index (χ2n) is 23.4. The number of sulfonamides is 3. The van der Waals surface area contributed by atoms with Crippen molar-refractivity contribution >= 4 is 126 Å². The Labute approximate surface area is 597 Å². The van der Waals surface area contributed by atoms with Crippen molar-refractivity contribution in [1.82, 2.24) is 24.7 Å². The molecule has 0 bridgehead atoms. The van der Waals surface area contributed by atoms with E-state index in [0.29, 0.717) is 84.2 Å². The maximum atomic E-state index is 13.3. The highest BCUT2D eigenvalue weighted by Gasteiger charge is 2.22. The lowest BCUT2D eigenvalue weighted by molar-refractivity contribution is -0.117. The molecule has 0 saturated carbocycles. The predicted octanol–water partition coefficient (Wildman–Crippen LogP) is 15.9. The number of nitrogens with one attached hydrogen (secondary N) is 6. The number of amides is 4. The third kappa shape index (κ3) is 17.2. The number of rotatable bonds is 17. The van der Waals surface area contributed by atoms with Gasteiger partial charge >= 0.3 is 0 Å². The Morgan fingerprint density at radius 1 is 0.388 bits per heavy atom. The summed E-state index contributed by atoms with van der Waals surface area (Å²) in [4.78, 5) is 68.9. The molecule has 0 aliphatic heterocycles. The Bertz CT molecular complexity index is 5870. The van der Waals surface area contributed by atoms with Gasteiger partial charge in [-0.2, -0.15) is 0 Å². The minimum absolute atomic E-state index is 0.0607. The second-order valence-corrected chi connectivity index (χ2v) is 29.3. The molecule has 103 heavy (non-hydrogen) atoms. The van der Waals surface area contributed by atoms with Crippen LogP contribution >= 0.6 is 11.3 Å². The van der Waals surface area contributed by atoms with Crippen molar-refractivity contribution in [3.05, 3.63) is 300 Å². The van der Waals surface area contributed by atoms with Crippen LogP contribution < -0.4 is 30.1 Å². The summed E-state index contributed by atoms with van der Waals surface area (Å²) in [5.74, 6) is -0.363. The summed E-state index contributed by atoms with van der Waals surface area (Å²) >= 11 is 1.19. The standard InChI is InChI=1S/C29H23N3O3S.C25H21N3O4S.C24H18N4O4S2/c1-20-8-7-11-23(18-20)32-36(34,35)24-16-14-22(15-17-24)30-29(33)26-19-28(21-9-3-2-4-10-21)31-27-13-6-5-12-25(26)27;1-16-8-13-23-21(14-16)22(15-24(27-23)18-6-4-3-5-7-18)25(30)26-19-9-11-20(12-10-19)33(31,32)28-17(2)29;1-15-6-11-22(32-15)21-14-19(18-4-2-3-5-20(18)27-21)23(29)26-16-7-9-17(10-8-16)34(30,31)28-24-25-12-13-33-24/h2-19,32H,1H3,(H,30,33);3-15H,1-2H3,(H,26,30)(H,28,29);2-14H,1H3,(H,25,28)(H,26,29). The Balaban J connectivity index is 0.000000146. The van der Waals surface area contributed by atoms with Crippen LogP contribution in [-0.4, -0.2) is 68.8 Å².